The molecule has 2 N–H and O–H groups in total. The zero-order valence-electron chi connectivity index (χ0n) is 13.5. The number of carbonyl (C=O) groups excluding carboxylic acids is 1. The van der Waals surface area contributed by atoms with Gasteiger partial charge in [0.2, 0.25) is 5.71 Å². The van der Waals surface area contributed by atoms with Crippen LogP contribution in [-0.2, 0) is 0 Å². The molecule has 0 saturated heterocycles. The van der Waals surface area contributed by atoms with Crippen LogP contribution in [0.5, 0.6) is 0 Å². The molecule has 2 aromatic rings. The first-order chi connectivity index (χ1) is 10.4. The molecule has 0 bridgehead atoms. The van der Waals surface area contributed by atoms with Crippen LogP contribution in [0.3, 0.4) is 0 Å². The molecule has 1 saturated carbocycles. The van der Waals surface area contributed by atoms with Crippen LogP contribution >= 0.6 is 0 Å². The van der Waals surface area contributed by atoms with Gasteiger partial charge in [-0.1, -0.05) is 6.92 Å². The van der Waals surface area contributed by atoms with Crippen LogP contribution in [0.4, 0.5) is 5.82 Å². The maximum absolute atomic E-state index is 12.6. The smallest absolute Gasteiger partial charge is 0.255 e. The zero-order valence-corrected chi connectivity index (χ0v) is 13.5. The molecule has 2 heterocycles. The molecule has 1 unspecified atom stereocenters. The van der Waals surface area contributed by atoms with Gasteiger partial charge < -0.3 is 15.1 Å². The van der Waals surface area contributed by atoms with E-state index >= 15 is 0 Å². The predicted molar refractivity (Wildman–Crippen MR) is 85.0 cm³/mol. The van der Waals surface area contributed by atoms with Gasteiger partial charge in [0.25, 0.3) is 5.91 Å². The van der Waals surface area contributed by atoms with Crippen LogP contribution in [0.25, 0.3) is 11.1 Å². The van der Waals surface area contributed by atoms with Crippen molar-refractivity contribution in [2.24, 2.45) is 0 Å². The number of aromatic nitrogens is 2. The number of hydrogen-bond donors (Lipinski definition) is 2. The van der Waals surface area contributed by atoms with Gasteiger partial charge in [-0.05, 0) is 40.0 Å². The topological polar surface area (TPSA) is 80.1 Å². The van der Waals surface area contributed by atoms with Gasteiger partial charge in [0, 0.05) is 11.6 Å². The Balaban J connectivity index is 2.04. The maximum atomic E-state index is 12.6. The van der Waals surface area contributed by atoms with Crippen molar-refractivity contribution >= 4 is 22.8 Å². The number of aryl methyl sites for hydroxylation is 1. The Morgan fingerprint density at radius 1 is 1.45 bits per heavy atom. The SMILES string of the molecule is CCC(C)NC(=O)c1c(C)oc2ncnc(NC3(C)CC3)c12. The molecule has 6 nitrogen and oxygen atoms in total. The summed E-state index contributed by atoms with van der Waals surface area (Å²) in [7, 11) is 0. The summed E-state index contributed by atoms with van der Waals surface area (Å²) in [4.78, 5) is 21.1. The lowest BCUT2D eigenvalue weighted by molar-refractivity contribution is 0.0939. The number of fused-ring (bicyclic) bond motifs is 1. The molecule has 0 spiro atoms. The van der Waals surface area contributed by atoms with Crippen LogP contribution in [0.1, 0.15) is 56.2 Å². The monoisotopic (exact) mass is 302 g/mol. The minimum absolute atomic E-state index is 0.0664. The van der Waals surface area contributed by atoms with Gasteiger partial charge in [-0.3, -0.25) is 4.79 Å². The Bertz CT molecular complexity index is 718. The highest BCUT2D eigenvalue weighted by Gasteiger charge is 2.38. The van der Waals surface area contributed by atoms with E-state index in [1.54, 1.807) is 6.92 Å². The first-order valence-electron chi connectivity index (χ1n) is 7.76. The molecule has 1 atom stereocenters. The fourth-order valence-electron chi connectivity index (χ4n) is 2.41. The fraction of sp³-hybridized carbons (Fsp3) is 0.562. The second-order valence-electron chi connectivity index (χ2n) is 6.40. The molecule has 1 aliphatic rings. The van der Waals surface area contributed by atoms with Crippen molar-refractivity contribution in [1.29, 1.82) is 0 Å². The van der Waals surface area contributed by atoms with Gasteiger partial charge in [0.05, 0.1) is 10.9 Å². The summed E-state index contributed by atoms with van der Waals surface area (Å²) in [5.41, 5.74) is 1.05. The molecule has 0 aromatic carbocycles. The largest absolute Gasteiger partial charge is 0.442 e. The van der Waals surface area contributed by atoms with E-state index in [-0.39, 0.29) is 17.5 Å². The van der Waals surface area contributed by atoms with Crippen LogP contribution in [0.15, 0.2) is 10.7 Å². The van der Waals surface area contributed by atoms with Crippen molar-refractivity contribution in [2.45, 2.75) is 58.5 Å². The number of carbonyl (C=O) groups is 1. The lowest BCUT2D eigenvalue weighted by atomic mass is 10.1. The minimum atomic E-state index is -0.135. The van der Waals surface area contributed by atoms with Crippen LogP contribution in [0, 0.1) is 6.92 Å². The average molecular weight is 302 g/mol. The molecular formula is C16H22N4O2. The summed E-state index contributed by atoms with van der Waals surface area (Å²) in [6, 6.07) is 0.110. The third-order valence-corrected chi connectivity index (χ3v) is 4.30. The van der Waals surface area contributed by atoms with Crippen molar-refractivity contribution in [3.8, 4) is 0 Å². The summed E-state index contributed by atoms with van der Waals surface area (Å²) < 4.78 is 5.66. The molecule has 0 radical (unpaired) electrons. The second kappa shape index (κ2) is 5.26. The van der Waals surface area contributed by atoms with Gasteiger partial charge in [-0.25, -0.2) is 9.97 Å². The van der Waals surface area contributed by atoms with E-state index in [1.807, 2.05) is 13.8 Å². The number of nitrogens with one attached hydrogen (secondary N) is 2. The van der Waals surface area contributed by atoms with E-state index in [2.05, 4.69) is 27.5 Å². The molecule has 0 aliphatic heterocycles. The van der Waals surface area contributed by atoms with E-state index in [0.29, 0.717) is 28.2 Å². The molecule has 1 amide bonds. The van der Waals surface area contributed by atoms with Crippen molar-refractivity contribution in [3.63, 3.8) is 0 Å². The highest BCUT2D eigenvalue weighted by atomic mass is 16.3. The quantitative estimate of drug-likeness (QED) is 0.887. The molecule has 2 aromatic heterocycles. The molecular weight excluding hydrogens is 280 g/mol. The number of furan rings is 1. The lowest BCUT2D eigenvalue weighted by Gasteiger charge is -2.14. The summed E-state index contributed by atoms with van der Waals surface area (Å²) in [6.07, 6.45) is 4.55. The van der Waals surface area contributed by atoms with Gasteiger partial charge in [0.1, 0.15) is 17.9 Å². The summed E-state index contributed by atoms with van der Waals surface area (Å²) in [5, 5.41) is 7.08. The summed E-state index contributed by atoms with van der Waals surface area (Å²) in [5.74, 6) is 1.11. The molecule has 1 fully saturated rings. The number of nitrogens with zero attached hydrogens (tertiary/aromatic N) is 2. The van der Waals surface area contributed by atoms with E-state index < -0.39 is 0 Å². The highest BCUT2D eigenvalue weighted by molar-refractivity contribution is 6.10. The summed E-state index contributed by atoms with van der Waals surface area (Å²) >= 11 is 0. The number of amides is 1. The third-order valence-electron chi connectivity index (χ3n) is 4.30. The maximum Gasteiger partial charge on any atom is 0.255 e. The Labute approximate surface area is 129 Å². The molecule has 22 heavy (non-hydrogen) atoms. The molecule has 6 heteroatoms. The fourth-order valence-corrected chi connectivity index (χ4v) is 2.41. The second-order valence-corrected chi connectivity index (χ2v) is 6.40. The highest BCUT2D eigenvalue weighted by Crippen LogP contribution is 2.40. The first kappa shape index (κ1) is 14.8. The standard InChI is InChI=1S/C16H22N4O2/c1-5-9(2)19-14(21)11-10(3)22-15-12(11)13(17-8-18-15)20-16(4)6-7-16/h8-9H,5-7H2,1-4H3,(H,19,21)(H,17,18,20). The van der Waals surface area contributed by atoms with Crippen LogP contribution in [0.2, 0.25) is 0 Å². The Morgan fingerprint density at radius 2 is 2.18 bits per heavy atom. The predicted octanol–water partition coefficient (Wildman–Crippen LogP) is 3.02. The molecule has 3 rings (SSSR count). The van der Waals surface area contributed by atoms with Gasteiger partial charge >= 0.3 is 0 Å². The van der Waals surface area contributed by atoms with Crippen molar-refractivity contribution < 1.29 is 9.21 Å². The third kappa shape index (κ3) is 2.65. The van der Waals surface area contributed by atoms with Crippen molar-refractivity contribution in [1.82, 2.24) is 15.3 Å². The van der Waals surface area contributed by atoms with Crippen LogP contribution < -0.4 is 10.6 Å². The molecule has 118 valence electrons. The number of hydrogen-bond acceptors (Lipinski definition) is 5. The van der Waals surface area contributed by atoms with Gasteiger partial charge in [-0.15, -0.1) is 0 Å². The average Bonchev–Trinajstić information content (AvgIpc) is 3.08. The van der Waals surface area contributed by atoms with Crippen molar-refractivity contribution in [3.05, 3.63) is 17.7 Å². The first-order valence-corrected chi connectivity index (χ1v) is 7.76. The van der Waals surface area contributed by atoms with E-state index in [9.17, 15) is 4.79 Å². The summed E-state index contributed by atoms with van der Waals surface area (Å²) in [6.45, 7) is 7.95. The zero-order chi connectivity index (χ0) is 15.9. The Morgan fingerprint density at radius 3 is 2.82 bits per heavy atom. The normalized spacial score (nSPS) is 17.3. The van der Waals surface area contributed by atoms with E-state index in [4.69, 9.17) is 4.42 Å². The van der Waals surface area contributed by atoms with Gasteiger partial charge in [-0.2, -0.15) is 0 Å². The Hall–Kier alpha value is -2.11. The van der Waals surface area contributed by atoms with Gasteiger partial charge in [0.15, 0.2) is 0 Å². The lowest BCUT2D eigenvalue weighted by Crippen LogP contribution is -2.32. The van der Waals surface area contributed by atoms with Crippen molar-refractivity contribution in [2.75, 3.05) is 5.32 Å². The number of anilines is 1. The minimum Gasteiger partial charge on any atom is -0.442 e. The van der Waals surface area contributed by atoms with E-state index in [0.717, 1.165) is 19.3 Å². The van der Waals surface area contributed by atoms with Crippen LogP contribution in [-0.4, -0.2) is 27.5 Å². The number of rotatable bonds is 5. The Kier molecular flexibility index (Phi) is 3.54. The molecule has 1 aliphatic carbocycles. The van der Waals surface area contributed by atoms with E-state index in [1.165, 1.54) is 6.33 Å².